The molecule has 0 unspecified atom stereocenters. The average molecular weight is 455 g/mol. The van der Waals surface area contributed by atoms with E-state index in [0.717, 1.165) is 36.0 Å². The van der Waals surface area contributed by atoms with Gasteiger partial charge in [-0.1, -0.05) is 97.0 Å². The van der Waals surface area contributed by atoms with Crippen molar-refractivity contribution in [2.24, 2.45) is 17.8 Å². The zero-order valence-electron chi connectivity index (χ0n) is 22.4. The molecule has 0 N–H and O–H groups in total. The topological polar surface area (TPSA) is 9.23 Å². The van der Waals surface area contributed by atoms with Gasteiger partial charge in [-0.15, -0.1) is 0 Å². The number of hydrogen-bond acceptors (Lipinski definition) is 1. The van der Waals surface area contributed by atoms with Crippen molar-refractivity contribution in [2.75, 3.05) is 6.61 Å². The molecular formula is C32H54O. The summed E-state index contributed by atoms with van der Waals surface area (Å²) in [5.74, 6) is 4.62. The summed E-state index contributed by atoms with van der Waals surface area (Å²) < 4.78 is 6.27. The Morgan fingerprint density at radius 2 is 1.27 bits per heavy atom. The molecule has 1 aromatic rings. The normalized spacial score (nSPS) is 25.8. The predicted molar refractivity (Wildman–Crippen MR) is 144 cm³/mol. The SMILES string of the molecule is CCCCCCCCC[C@H]1CC[C@H](c2ccc(OC[C@H]3CC[C@H](CCC)CC3)cc2C)CC1. The smallest absolute Gasteiger partial charge is 0.119 e. The average Bonchev–Trinajstić information content (AvgIpc) is 2.84. The van der Waals surface area contributed by atoms with Crippen LogP contribution in [-0.4, -0.2) is 6.61 Å². The summed E-state index contributed by atoms with van der Waals surface area (Å²) in [6, 6.07) is 6.97. The van der Waals surface area contributed by atoms with E-state index >= 15 is 0 Å². The first-order valence-electron chi connectivity index (χ1n) is 14.9. The van der Waals surface area contributed by atoms with E-state index in [4.69, 9.17) is 4.74 Å². The van der Waals surface area contributed by atoms with E-state index in [1.54, 1.807) is 5.56 Å². The first-order valence-corrected chi connectivity index (χ1v) is 14.9. The molecule has 1 heteroatoms. The molecule has 0 radical (unpaired) electrons. The molecule has 2 fully saturated rings. The van der Waals surface area contributed by atoms with Gasteiger partial charge >= 0.3 is 0 Å². The van der Waals surface area contributed by atoms with Crippen LogP contribution in [0, 0.1) is 24.7 Å². The van der Waals surface area contributed by atoms with Gasteiger partial charge in [-0.05, 0) is 92.4 Å². The highest BCUT2D eigenvalue weighted by atomic mass is 16.5. The van der Waals surface area contributed by atoms with Gasteiger partial charge in [0, 0.05) is 0 Å². The van der Waals surface area contributed by atoms with Crippen molar-refractivity contribution < 1.29 is 4.74 Å². The Morgan fingerprint density at radius 1 is 0.667 bits per heavy atom. The Morgan fingerprint density at radius 3 is 1.94 bits per heavy atom. The van der Waals surface area contributed by atoms with Crippen LogP contribution in [0.4, 0.5) is 0 Å². The number of hydrogen-bond donors (Lipinski definition) is 0. The second-order valence-electron chi connectivity index (χ2n) is 11.6. The molecule has 0 amide bonds. The Hall–Kier alpha value is -0.980. The number of ether oxygens (including phenoxy) is 1. The third-order valence-corrected chi connectivity index (χ3v) is 8.89. The lowest BCUT2D eigenvalue weighted by molar-refractivity contribution is 0.178. The Balaban J connectivity index is 1.33. The lowest BCUT2D eigenvalue weighted by atomic mass is 9.76. The molecule has 33 heavy (non-hydrogen) atoms. The summed E-state index contributed by atoms with van der Waals surface area (Å²) in [4.78, 5) is 0. The van der Waals surface area contributed by atoms with E-state index in [-0.39, 0.29) is 0 Å². The summed E-state index contributed by atoms with van der Waals surface area (Å²) in [6.07, 6.45) is 25.6. The highest BCUT2D eigenvalue weighted by Gasteiger charge is 2.24. The first-order chi connectivity index (χ1) is 16.2. The van der Waals surface area contributed by atoms with E-state index < -0.39 is 0 Å². The van der Waals surface area contributed by atoms with Gasteiger partial charge in [-0.25, -0.2) is 0 Å². The lowest BCUT2D eigenvalue weighted by Crippen LogP contribution is -2.20. The summed E-state index contributed by atoms with van der Waals surface area (Å²) in [6.45, 7) is 7.86. The van der Waals surface area contributed by atoms with Crippen LogP contribution in [0.3, 0.4) is 0 Å². The van der Waals surface area contributed by atoms with Gasteiger partial charge < -0.3 is 4.74 Å². The number of unbranched alkanes of at least 4 members (excludes halogenated alkanes) is 6. The minimum atomic E-state index is 0.768. The molecule has 0 atom stereocenters. The molecule has 2 aliphatic rings. The third-order valence-electron chi connectivity index (χ3n) is 8.89. The number of rotatable bonds is 14. The van der Waals surface area contributed by atoms with Crippen molar-refractivity contribution >= 4 is 0 Å². The maximum atomic E-state index is 6.27. The zero-order valence-corrected chi connectivity index (χ0v) is 22.4. The standard InChI is InChI=1S/C32H54O/c1-4-6-7-8-9-10-11-13-28-18-20-30(21-19-28)32-23-22-31(24-26(32)3)33-25-29-16-14-27(12-5-2)15-17-29/h22-24,27-30H,4-21,25H2,1-3H3/t27-,28-,29-,30-. The van der Waals surface area contributed by atoms with Crippen molar-refractivity contribution in [1.82, 2.24) is 0 Å². The molecule has 0 aliphatic heterocycles. The fourth-order valence-electron chi connectivity index (χ4n) is 6.66. The number of aryl methyl sites for hydroxylation is 1. The molecule has 3 rings (SSSR count). The quantitative estimate of drug-likeness (QED) is 0.254. The van der Waals surface area contributed by atoms with E-state index in [1.165, 1.54) is 121 Å². The Labute approximate surface area is 206 Å². The number of benzene rings is 1. The first kappa shape index (κ1) is 26.6. The van der Waals surface area contributed by atoms with Crippen LogP contribution in [0.25, 0.3) is 0 Å². The molecular weight excluding hydrogens is 400 g/mol. The monoisotopic (exact) mass is 454 g/mol. The maximum Gasteiger partial charge on any atom is 0.119 e. The predicted octanol–water partition coefficient (Wildman–Crippen LogP) is 10.4. The zero-order chi connectivity index (χ0) is 23.3. The molecule has 0 spiro atoms. The van der Waals surface area contributed by atoms with Crippen molar-refractivity contribution in [3.05, 3.63) is 29.3 Å². The molecule has 0 saturated heterocycles. The second kappa shape index (κ2) is 15.1. The maximum absolute atomic E-state index is 6.27. The van der Waals surface area contributed by atoms with Gasteiger partial charge in [0.1, 0.15) is 5.75 Å². The molecule has 0 heterocycles. The molecule has 1 aromatic carbocycles. The highest BCUT2D eigenvalue weighted by molar-refractivity contribution is 5.37. The van der Waals surface area contributed by atoms with Crippen LogP contribution in [0.15, 0.2) is 18.2 Å². The molecule has 2 saturated carbocycles. The minimum absolute atomic E-state index is 0.768. The van der Waals surface area contributed by atoms with Crippen LogP contribution >= 0.6 is 0 Å². The van der Waals surface area contributed by atoms with Crippen LogP contribution in [-0.2, 0) is 0 Å². The summed E-state index contributed by atoms with van der Waals surface area (Å²) >= 11 is 0. The van der Waals surface area contributed by atoms with Gasteiger partial charge in [0.05, 0.1) is 6.61 Å². The fourth-order valence-corrected chi connectivity index (χ4v) is 6.66. The summed E-state index contributed by atoms with van der Waals surface area (Å²) in [5, 5.41) is 0. The van der Waals surface area contributed by atoms with Crippen LogP contribution < -0.4 is 4.74 Å². The van der Waals surface area contributed by atoms with Crippen molar-refractivity contribution in [3.8, 4) is 5.75 Å². The van der Waals surface area contributed by atoms with Crippen molar-refractivity contribution in [3.63, 3.8) is 0 Å². The largest absolute Gasteiger partial charge is 0.493 e. The molecule has 0 bridgehead atoms. The molecule has 0 aromatic heterocycles. The van der Waals surface area contributed by atoms with Gasteiger partial charge in [-0.3, -0.25) is 0 Å². The van der Waals surface area contributed by atoms with Crippen molar-refractivity contribution in [1.29, 1.82) is 0 Å². The molecule has 1 nitrogen and oxygen atoms in total. The molecule has 188 valence electrons. The van der Waals surface area contributed by atoms with Gasteiger partial charge in [0.2, 0.25) is 0 Å². The van der Waals surface area contributed by atoms with E-state index in [0.29, 0.717) is 0 Å². The van der Waals surface area contributed by atoms with E-state index in [2.05, 4.69) is 39.0 Å². The highest BCUT2D eigenvalue weighted by Crippen LogP contribution is 2.40. The Kier molecular flexibility index (Phi) is 12.2. The second-order valence-corrected chi connectivity index (χ2v) is 11.6. The van der Waals surface area contributed by atoms with Gasteiger partial charge in [0.25, 0.3) is 0 Å². The van der Waals surface area contributed by atoms with Crippen molar-refractivity contribution in [2.45, 2.75) is 142 Å². The summed E-state index contributed by atoms with van der Waals surface area (Å²) in [7, 11) is 0. The van der Waals surface area contributed by atoms with Crippen LogP contribution in [0.5, 0.6) is 5.75 Å². The summed E-state index contributed by atoms with van der Waals surface area (Å²) in [5.41, 5.74) is 3.05. The van der Waals surface area contributed by atoms with Crippen LogP contribution in [0.2, 0.25) is 0 Å². The van der Waals surface area contributed by atoms with Gasteiger partial charge in [0.15, 0.2) is 0 Å². The Bertz CT molecular complexity index is 634. The lowest BCUT2D eigenvalue weighted by Gasteiger charge is -2.30. The van der Waals surface area contributed by atoms with E-state index in [9.17, 15) is 0 Å². The third kappa shape index (κ3) is 9.29. The fraction of sp³-hybridized carbons (Fsp3) is 0.812. The molecule has 2 aliphatic carbocycles. The van der Waals surface area contributed by atoms with Gasteiger partial charge in [-0.2, -0.15) is 0 Å². The minimum Gasteiger partial charge on any atom is -0.493 e. The van der Waals surface area contributed by atoms with E-state index in [1.807, 2.05) is 0 Å². The van der Waals surface area contributed by atoms with Crippen LogP contribution in [0.1, 0.15) is 146 Å².